The van der Waals surface area contributed by atoms with Gasteiger partial charge in [0.05, 0.1) is 19.7 Å². The summed E-state index contributed by atoms with van der Waals surface area (Å²) in [5, 5.41) is 13.1. The quantitative estimate of drug-likeness (QED) is 0.291. The lowest BCUT2D eigenvalue weighted by Gasteiger charge is -2.37. The Morgan fingerprint density at radius 1 is 1.00 bits per heavy atom. The largest absolute Gasteiger partial charge is 0.395 e. The molecule has 0 saturated heterocycles. The number of aromatic nitrogens is 4. The van der Waals surface area contributed by atoms with Crippen LogP contribution in [0.1, 0.15) is 66.6 Å². The summed E-state index contributed by atoms with van der Waals surface area (Å²) in [6, 6.07) is 8.99. The Bertz CT molecular complexity index is 971. The van der Waals surface area contributed by atoms with Crippen LogP contribution in [0.4, 0.5) is 0 Å². The van der Waals surface area contributed by atoms with E-state index in [4.69, 9.17) is 0 Å². The van der Waals surface area contributed by atoms with Gasteiger partial charge in [-0.2, -0.15) is 0 Å². The third-order valence-electron chi connectivity index (χ3n) is 6.99. The predicted octanol–water partition coefficient (Wildman–Crippen LogP) is 3.08. The Balaban J connectivity index is 1.29. The topological polar surface area (TPSA) is 113 Å². The van der Waals surface area contributed by atoms with Gasteiger partial charge in [-0.25, -0.2) is 9.97 Å². The third-order valence-corrected chi connectivity index (χ3v) is 6.99. The molecule has 0 unspecified atom stereocenters. The molecule has 2 heterocycles. The highest BCUT2D eigenvalue weighted by Crippen LogP contribution is 2.24. The molecule has 1 amide bonds. The molecule has 9 nitrogen and oxygen atoms in total. The molecule has 4 rings (SSSR count). The fourth-order valence-corrected chi connectivity index (χ4v) is 5.08. The summed E-state index contributed by atoms with van der Waals surface area (Å²) in [4.78, 5) is 32.2. The van der Waals surface area contributed by atoms with Crippen LogP contribution in [0.5, 0.6) is 0 Å². The van der Waals surface area contributed by atoms with Crippen molar-refractivity contribution in [2.45, 2.75) is 70.7 Å². The van der Waals surface area contributed by atoms with E-state index in [0.717, 1.165) is 50.5 Å². The SMILES string of the molecule is CCCN(CCO)[C@H]1CC[C@H](NCc2ccc(C(=O)N(Cc3ncc[nH]3)Cc3ncc[nH]3)cc2)CC1. The molecule has 1 aliphatic carbocycles. The molecule has 1 saturated carbocycles. The maximum Gasteiger partial charge on any atom is 0.254 e. The second-order valence-corrected chi connectivity index (χ2v) is 9.58. The summed E-state index contributed by atoms with van der Waals surface area (Å²) >= 11 is 0. The number of carbonyl (C=O) groups excluding carboxylic acids is 1. The predicted molar refractivity (Wildman–Crippen MR) is 139 cm³/mol. The van der Waals surface area contributed by atoms with E-state index in [1.807, 2.05) is 24.3 Å². The molecule has 0 bridgehead atoms. The molecule has 36 heavy (non-hydrogen) atoms. The number of imidazole rings is 2. The number of H-pyrrole nitrogens is 2. The molecular formula is C27H39N7O2. The zero-order chi connectivity index (χ0) is 25.2. The van der Waals surface area contributed by atoms with Crippen LogP contribution in [0.2, 0.25) is 0 Å². The van der Waals surface area contributed by atoms with Crippen molar-refractivity contribution in [3.05, 3.63) is 71.8 Å². The number of rotatable bonds is 13. The lowest BCUT2D eigenvalue weighted by atomic mass is 9.90. The van der Waals surface area contributed by atoms with E-state index in [1.165, 1.54) is 18.4 Å². The summed E-state index contributed by atoms with van der Waals surface area (Å²) < 4.78 is 0. The molecule has 1 fully saturated rings. The average Bonchev–Trinajstić information content (AvgIpc) is 3.62. The summed E-state index contributed by atoms with van der Waals surface area (Å²) in [6.07, 6.45) is 12.7. The van der Waals surface area contributed by atoms with Crippen LogP contribution in [0.15, 0.2) is 49.1 Å². The van der Waals surface area contributed by atoms with E-state index >= 15 is 0 Å². The van der Waals surface area contributed by atoms with Crippen molar-refractivity contribution >= 4 is 5.91 Å². The van der Waals surface area contributed by atoms with Crippen molar-refractivity contribution in [2.75, 3.05) is 19.7 Å². The summed E-state index contributed by atoms with van der Waals surface area (Å²) in [6.45, 7) is 5.84. The maximum atomic E-state index is 13.3. The lowest BCUT2D eigenvalue weighted by Crippen LogP contribution is -2.43. The van der Waals surface area contributed by atoms with Gasteiger partial charge in [-0.05, 0) is 56.3 Å². The van der Waals surface area contributed by atoms with Crippen LogP contribution < -0.4 is 5.32 Å². The first kappa shape index (κ1) is 26.1. The smallest absolute Gasteiger partial charge is 0.254 e. The van der Waals surface area contributed by atoms with Crippen LogP contribution in [-0.2, 0) is 19.6 Å². The minimum atomic E-state index is -0.0554. The van der Waals surface area contributed by atoms with Gasteiger partial charge in [0.1, 0.15) is 11.6 Å². The summed E-state index contributed by atoms with van der Waals surface area (Å²) in [5.41, 5.74) is 1.82. The van der Waals surface area contributed by atoms with Gasteiger partial charge in [-0.1, -0.05) is 19.1 Å². The van der Waals surface area contributed by atoms with Gasteiger partial charge in [-0.3, -0.25) is 9.69 Å². The molecule has 4 N–H and O–H groups in total. The van der Waals surface area contributed by atoms with Gasteiger partial charge >= 0.3 is 0 Å². The number of aliphatic hydroxyl groups is 1. The summed E-state index contributed by atoms with van der Waals surface area (Å²) in [5.74, 6) is 1.42. The number of carbonyl (C=O) groups is 1. The number of benzene rings is 1. The minimum Gasteiger partial charge on any atom is -0.395 e. The Kier molecular flexibility index (Phi) is 9.66. The molecule has 0 spiro atoms. The van der Waals surface area contributed by atoms with Crippen LogP contribution in [-0.4, -0.2) is 72.5 Å². The monoisotopic (exact) mass is 493 g/mol. The van der Waals surface area contributed by atoms with E-state index in [2.05, 4.69) is 37.1 Å². The fourth-order valence-electron chi connectivity index (χ4n) is 5.08. The van der Waals surface area contributed by atoms with E-state index in [-0.39, 0.29) is 12.5 Å². The van der Waals surface area contributed by atoms with Gasteiger partial charge < -0.3 is 25.3 Å². The van der Waals surface area contributed by atoms with Crippen LogP contribution in [0.25, 0.3) is 0 Å². The molecule has 1 aromatic carbocycles. The van der Waals surface area contributed by atoms with Gasteiger partial charge in [0.25, 0.3) is 5.91 Å². The molecule has 3 aromatic rings. The molecule has 9 heteroatoms. The van der Waals surface area contributed by atoms with E-state index < -0.39 is 0 Å². The first-order valence-electron chi connectivity index (χ1n) is 13.1. The lowest BCUT2D eigenvalue weighted by molar-refractivity contribution is 0.0721. The van der Waals surface area contributed by atoms with Crippen molar-refractivity contribution in [2.24, 2.45) is 0 Å². The molecule has 0 radical (unpaired) electrons. The highest BCUT2D eigenvalue weighted by molar-refractivity contribution is 5.94. The number of aliphatic hydroxyl groups excluding tert-OH is 1. The molecule has 1 aliphatic rings. The highest BCUT2D eigenvalue weighted by Gasteiger charge is 2.25. The number of aromatic amines is 2. The molecular weight excluding hydrogens is 454 g/mol. The maximum absolute atomic E-state index is 13.3. The second-order valence-electron chi connectivity index (χ2n) is 9.58. The van der Waals surface area contributed by atoms with Crippen molar-refractivity contribution in [3.8, 4) is 0 Å². The van der Waals surface area contributed by atoms with E-state index in [0.29, 0.717) is 30.7 Å². The Morgan fingerprint density at radius 2 is 1.64 bits per heavy atom. The van der Waals surface area contributed by atoms with Crippen molar-refractivity contribution < 1.29 is 9.90 Å². The zero-order valence-corrected chi connectivity index (χ0v) is 21.2. The first-order valence-corrected chi connectivity index (χ1v) is 13.1. The van der Waals surface area contributed by atoms with Gasteiger partial charge in [0.15, 0.2) is 0 Å². The van der Waals surface area contributed by atoms with E-state index in [1.54, 1.807) is 29.7 Å². The average molecular weight is 494 g/mol. The standard InChI is InChI=1S/C27H39N7O2/c1-2-15-33(16-17-35)24-9-7-23(8-10-24)32-18-21-3-5-22(6-4-21)27(36)34(19-25-28-11-12-29-25)20-26-30-13-14-31-26/h3-6,11-14,23-24,32,35H,2,7-10,15-20H2,1H3,(H,28,29)(H,30,31)/t23-,24-. The molecule has 2 aromatic heterocycles. The van der Waals surface area contributed by atoms with Crippen LogP contribution in [0, 0.1) is 0 Å². The van der Waals surface area contributed by atoms with Gasteiger partial charge in [0, 0.05) is 55.5 Å². The number of nitrogens with zero attached hydrogens (tertiary/aromatic N) is 4. The highest BCUT2D eigenvalue weighted by atomic mass is 16.3. The third kappa shape index (κ3) is 7.25. The molecule has 0 aliphatic heterocycles. The number of nitrogens with one attached hydrogen (secondary N) is 3. The van der Waals surface area contributed by atoms with Crippen LogP contribution in [0.3, 0.4) is 0 Å². The normalized spacial score (nSPS) is 18.0. The number of hydrogen-bond donors (Lipinski definition) is 4. The van der Waals surface area contributed by atoms with Gasteiger partial charge in [-0.15, -0.1) is 0 Å². The first-order chi connectivity index (χ1) is 17.7. The van der Waals surface area contributed by atoms with Crippen LogP contribution >= 0.6 is 0 Å². The summed E-state index contributed by atoms with van der Waals surface area (Å²) in [7, 11) is 0. The molecule has 194 valence electrons. The minimum absolute atomic E-state index is 0.0554. The zero-order valence-electron chi connectivity index (χ0n) is 21.2. The molecule has 0 atom stereocenters. The van der Waals surface area contributed by atoms with Crippen molar-refractivity contribution in [1.82, 2.24) is 35.1 Å². The Labute approximate surface area is 213 Å². The second kappa shape index (κ2) is 13.3. The Morgan fingerprint density at radius 3 is 2.17 bits per heavy atom. The van der Waals surface area contributed by atoms with E-state index in [9.17, 15) is 9.90 Å². The Hall–Kier alpha value is -3.01. The fraction of sp³-hybridized carbons (Fsp3) is 0.519. The van der Waals surface area contributed by atoms with Crippen molar-refractivity contribution in [1.29, 1.82) is 0 Å². The van der Waals surface area contributed by atoms with Crippen molar-refractivity contribution in [3.63, 3.8) is 0 Å². The number of hydrogen-bond acceptors (Lipinski definition) is 6. The van der Waals surface area contributed by atoms with Gasteiger partial charge in [0.2, 0.25) is 0 Å². The number of amides is 1.